The van der Waals surface area contributed by atoms with Gasteiger partial charge in [-0.25, -0.2) is 4.79 Å². The molecule has 1 heterocycles. The molecule has 0 saturated heterocycles. The largest absolute Gasteiger partial charge is 0.477 e. The van der Waals surface area contributed by atoms with Gasteiger partial charge in [-0.15, -0.1) is 0 Å². The van der Waals surface area contributed by atoms with Crippen molar-refractivity contribution in [1.29, 1.82) is 0 Å². The SMILES string of the molecule is CC(=O)c1cc(C(=O)O)c(=O)n(-c2cccc(C)c2C)n1. The lowest BCUT2D eigenvalue weighted by molar-refractivity contribution is 0.0694. The highest BCUT2D eigenvalue weighted by Crippen LogP contribution is 2.15. The van der Waals surface area contributed by atoms with Gasteiger partial charge in [0.1, 0.15) is 11.3 Å². The number of carboxylic acids is 1. The maximum atomic E-state index is 12.3. The third-order valence-corrected chi connectivity index (χ3v) is 3.31. The standard InChI is InChI=1S/C15H14N2O4/c1-8-5-4-6-13(9(8)2)17-14(19)11(15(20)21)7-12(16-17)10(3)18/h4-7H,1-3H3,(H,20,21). The van der Waals surface area contributed by atoms with Crippen molar-refractivity contribution in [1.82, 2.24) is 9.78 Å². The highest BCUT2D eigenvalue weighted by molar-refractivity contribution is 5.95. The summed E-state index contributed by atoms with van der Waals surface area (Å²) in [6, 6.07) is 6.28. The van der Waals surface area contributed by atoms with Gasteiger partial charge in [-0.3, -0.25) is 9.59 Å². The Labute approximate surface area is 120 Å². The van der Waals surface area contributed by atoms with Gasteiger partial charge in [-0.1, -0.05) is 12.1 Å². The molecule has 1 aromatic heterocycles. The Morgan fingerprint density at radius 1 is 1.24 bits per heavy atom. The van der Waals surface area contributed by atoms with Crippen molar-refractivity contribution in [2.45, 2.75) is 20.8 Å². The van der Waals surface area contributed by atoms with Crippen LogP contribution in [0.1, 0.15) is 38.9 Å². The van der Waals surface area contributed by atoms with E-state index in [0.717, 1.165) is 21.9 Å². The monoisotopic (exact) mass is 286 g/mol. The summed E-state index contributed by atoms with van der Waals surface area (Å²) in [5.74, 6) is -1.79. The van der Waals surface area contributed by atoms with Crippen LogP contribution in [0.2, 0.25) is 0 Å². The molecule has 0 aliphatic heterocycles. The highest BCUT2D eigenvalue weighted by atomic mass is 16.4. The van der Waals surface area contributed by atoms with Crippen molar-refractivity contribution in [2.24, 2.45) is 0 Å². The summed E-state index contributed by atoms with van der Waals surface area (Å²) >= 11 is 0. The molecule has 0 saturated carbocycles. The zero-order chi connectivity index (χ0) is 15.7. The van der Waals surface area contributed by atoms with Crippen LogP contribution in [0.3, 0.4) is 0 Å². The Kier molecular flexibility index (Phi) is 3.71. The molecular formula is C15H14N2O4. The lowest BCUT2D eigenvalue weighted by Crippen LogP contribution is -2.29. The van der Waals surface area contributed by atoms with Crippen LogP contribution in [-0.2, 0) is 0 Å². The van der Waals surface area contributed by atoms with Crippen molar-refractivity contribution in [2.75, 3.05) is 0 Å². The van der Waals surface area contributed by atoms with Crippen LogP contribution in [-0.4, -0.2) is 26.6 Å². The lowest BCUT2D eigenvalue weighted by Gasteiger charge is -2.11. The maximum Gasteiger partial charge on any atom is 0.341 e. The van der Waals surface area contributed by atoms with Crippen LogP contribution >= 0.6 is 0 Å². The zero-order valence-electron chi connectivity index (χ0n) is 11.9. The molecule has 1 N–H and O–H groups in total. The van der Waals surface area contributed by atoms with Crippen LogP contribution in [0.4, 0.5) is 0 Å². The van der Waals surface area contributed by atoms with Gasteiger partial charge in [0, 0.05) is 6.92 Å². The molecule has 0 aliphatic carbocycles. The fraction of sp³-hybridized carbons (Fsp3) is 0.200. The summed E-state index contributed by atoms with van der Waals surface area (Å²) in [6.07, 6.45) is 0. The van der Waals surface area contributed by atoms with Crippen molar-refractivity contribution in [3.05, 3.63) is 57.0 Å². The number of carboxylic acid groups (broad SMARTS) is 1. The van der Waals surface area contributed by atoms with Gasteiger partial charge in [0.2, 0.25) is 0 Å². The van der Waals surface area contributed by atoms with Crippen LogP contribution in [0, 0.1) is 13.8 Å². The number of hydrogen-bond acceptors (Lipinski definition) is 4. The number of aryl methyl sites for hydroxylation is 1. The first-order valence-electron chi connectivity index (χ1n) is 6.28. The number of rotatable bonds is 3. The van der Waals surface area contributed by atoms with Gasteiger partial charge in [-0.2, -0.15) is 9.78 Å². The van der Waals surface area contributed by atoms with Crippen LogP contribution in [0.15, 0.2) is 29.1 Å². The molecule has 0 bridgehead atoms. The zero-order valence-corrected chi connectivity index (χ0v) is 11.9. The van der Waals surface area contributed by atoms with E-state index >= 15 is 0 Å². The number of hydrogen-bond donors (Lipinski definition) is 1. The average molecular weight is 286 g/mol. The summed E-state index contributed by atoms with van der Waals surface area (Å²) in [6.45, 7) is 4.95. The molecule has 0 aliphatic rings. The molecule has 0 fully saturated rings. The Hall–Kier alpha value is -2.76. The fourth-order valence-corrected chi connectivity index (χ4v) is 1.95. The molecule has 0 radical (unpaired) electrons. The Balaban J connectivity index is 2.85. The van der Waals surface area contributed by atoms with E-state index in [1.165, 1.54) is 6.92 Å². The van der Waals surface area contributed by atoms with E-state index in [-0.39, 0.29) is 5.69 Å². The number of carbonyl (C=O) groups excluding carboxylic acids is 1. The quantitative estimate of drug-likeness (QED) is 0.868. The summed E-state index contributed by atoms with van der Waals surface area (Å²) in [7, 11) is 0. The van der Waals surface area contributed by atoms with Gasteiger partial charge in [0.15, 0.2) is 5.78 Å². The van der Waals surface area contributed by atoms with E-state index in [2.05, 4.69) is 5.10 Å². The second-order valence-electron chi connectivity index (χ2n) is 4.74. The van der Waals surface area contributed by atoms with E-state index in [1.54, 1.807) is 19.1 Å². The van der Waals surface area contributed by atoms with Gasteiger partial charge in [0.05, 0.1) is 5.69 Å². The Bertz CT molecular complexity index is 806. The predicted molar refractivity (Wildman–Crippen MR) is 76.3 cm³/mol. The summed E-state index contributed by atoms with van der Waals surface area (Å²) in [4.78, 5) is 34.9. The third kappa shape index (κ3) is 2.60. The third-order valence-electron chi connectivity index (χ3n) is 3.31. The first-order chi connectivity index (χ1) is 9.82. The second-order valence-corrected chi connectivity index (χ2v) is 4.74. The van der Waals surface area contributed by atoms with Gasteiger partial charge in [0.25, 0.3) is 5.56 Å². The van der Waals surface area contributed by atoms with E-state index < -0.39 is 22.9 Å². The summed E-state index contributed by atoms with van der Waals surface area (Å²) in [5.41, 5.74) is 0.895. The Morgan fingerprint density at radius 2 is 1.90 bits per heavy atom. The van der Waals surface area contributed by atoms with E-state index in [0.29, 0.717) is 5.69 Å². The highest BCUT2D eigenvalue weighted by Gasteiger charge is 2.18. The van der Waals surface area contributed by atoms with Gasteiger partial charge < -0.3 is 5.11 Å². The first kappa shape index (κ1) is 14.6. The number of Topliss-reactive ketones (excluding diaryl/α,β-unsaturated/α-hetero) is 1. The molecule has 6 heteroatoms. The molecule has 6 nitrogen and oxygen atoms in total. The van der Waals surface area contributed by atoms with Gasteiger partial charge >= 0.3 is 5.97 Å². The number of benzene rings is 1. The van der Waals surface area contributed by atoms with Crippen LogP contribution < -0.4 is 5.56 Å². The molecule has 0 spiro atoms. The number of aromatic nitrogens is 2. The van der Waals surface area contributed by atoms with Crippen molar-refractivity contribution in [3.63, 3.8) is 0 Å². The van der Waals surface area contributed by atoms with Crippen LogP contribution in [0.5, 0.6) is 0 Å². The normalized spacial score (nSPS) is 10.4. The van der Waals surface area contributed by atoms with E-state index in [9.17, 15) is 14.4 Å². The number of carbonyl (C=O) groups is 2. The predicted octanol–water partition coefficient (Wildman–Crippen LogP) is 1.75. The van der Waals surface area contributed by atoms with Crippen molar-refractivity contribution < 1.29 is 14.7 Å². The minimum atomic E-state index is -1.39. The number of nitrogens with zero attached hydrogens (tertiary/aromatic N) is 2. The van der Waals surface area contributed by atoms with Crippen LogP contribution in [0.25, 0.3) is 5.69 Å². The van der Waals surface area contributed by atoms with E-state index in [4.69, 9.17) is 5.11 Å². The molecule has 0 unspecified atom stereocenters. The minimum absolute atomic E-state index is 0.0621. The average Bonchev–Trinajstić information content (AvgIpc) is 2.42. The topological polar surface area (TPSA) is 89.3 Å². The summed E-state index contributed by atoms with van der Waals surface area (Å²) in [5, 5.41) is 13.1. The molecule has 1 aromatic carbocycles. The second kappa shape index (κ2) is 5.32. The molecule has 21 heavy (non-hydrogen) atoms. The first-order valence-corrected chi connectivity index (χ1v) is 6.28. The van der Waals surface area contributed by atoms with Crippen molar-refractivity contribution in [3.8, 4) is 5.69 Å². The minimum Gasteiger partial charge on any atom is -0.477 e. The Morgan fingerprint density at radius 3 is 2.48 bits per heavy atom. The molecule has 0 atom stereocenters. The fourth-order valence-electron chi connectivity index (χ4n) is 1.95. The smallest absolute Gasteiger partial charge is 0.341 e. The number of aromatic carboxylic acids is 1. The lowest BCUT2D eigenvalue weighted by atomic mass is 10.1. The van der Waals surface area contributed by atoms with Gasteiger partial charge in [-0.05, 0) is 37.1 Å². The molecule has 2 rings (SSSR count). The van der Waals surface area contributed by atoms with E-state index in [1.807, 2.05) is 13.0 Å². The summed E-state index contributed by atoms with van der Waals surface area (Å²) < 4.78 is 0.975. The number of ketones is 1. The molecule has 2 aromatic rings. The maximum absolute atomic E-state index is 12.3. The molecular weight excluding hydrogens is 272 g/mol. The molecule has 108 valence electrons. The molecule has 0 amide bonds. The van der Waals surface area contributed by atoms with Crippen molar-refractivity contribution >= 4 is 11.8 Å².